The van der Waals surface area contributed by atoms with Crippen LogP contribution in [0, 0.1) is 5.41 Å². The van der Waals surface area contributed by atoms with Crippen molar-refractivity contribution in [2.45, 2.75) is 57.2 Å². The van der Waals surface area contributed by atoms with Crippen LogP contribution < -0.4 is 0 Å². The molecule has 0 radical (unpaired) electrons. The number of ether oxygens (including phenoxy) is 4. The van der Waals surface area contributed by atoms with E-state index in [1.807, 2.05) is 0 Å². The molecule has 0 amide bonds. The summed E-state index contributed by atoms with van der Waals surface area (Å²) in [6.45, 7) is 6.57. The Morgan fingerprint density at radius 1 is 1.30 bits per heavy atom. The van der Waals surface area contributed by atoms with Crippen LogP contribution in [0.5, 0.6) is 0 Å². The lowest BCUT2D eigenvalue weighted by Crippen LogP contribution is -2.45. The van der Waals surface area contributed by atoms with Gasteiger partial charge >= 0.3 is 5.97 Å². The fourth-order valence-corrected chi connectivity index (χ4v) is 2.73. The van der Waals surface area contributed by atoms with Gasteiger partial charge in [-0.3, -0.25) is 4.79 Å². The van der Waals surface area contributed by atoms with Crippen LogP contribution in [0.2, 0.25) is 0 Å². The summed E-state index contributed by atoms with van der Waals surface area (Å²) in [6, 6.07) is 0. The molecule has 3 saturated heterocycles. The van der Waals surface area contributed by atoms with Crippen molar-refractivity contribution in [1.82, 2.24) is 0 Å². The Bertz CT molecular complexity index is 399. The summed E-state index contributed by atoms with van der Waals surface area (Å²) >= 11 is 0. The molecule has 5 atom stereocenters. The summed E-state index contributed by atoms with van der Waals surface area (Å²) in [6.07, 6.45) is -0.661. The van der Waals surface area contributed by atoms with Crippen LogP contribution in [0.25, 0.3) is 0 Å². The van der Waals surface area contributed by atoms with E-state index >= 15 is 0 Å². The summed E-state index contributed by atoms with van der Waals surface area (Å²) in [4.78, 5) is 11.9. The molecule has 0 saturated carbocycles. The second kappa shape index (κ2) is 4.66. The monoisotopic (exact) mass is 286 g/mol. The van der Waals surface area contributed by atoms with Crippen LogP contribution in [0.15, 0.2) is 0 Å². The third-order valence-corrected chi connectivity index (χ3v) is 4.01. The molecule has 3 fully saturated rings. The topological polar surface area (TPSA) is 77.5 Å². The van der Waals surface area contributed by atoms with Gasteiger partial charge in [-0.25, -0.2) is 0 Å². The SMILES string of the molecule is CC(C)(C)C(=O)O[C@@H]1CO[C@H]2[C@@H]1OC[C@@]2(O)CC1CO1. The molecule has 20 heavy (non-hydrogen) atoms. The smallest absolute Gasteiger partial charge is 0.311 e. The molecule has 3 heterocycles. The number of hydrogen-bond acceptors (Lipinski definition) is 6. The minimum atomic E-state index is -1.03. The molecule has 0 aromatic rings. The molecular weight excluding hydrogens is 264 g/mol. The van der Waals surface area contributed by atoms with E-state index in [-0.39, 0.29) is 31.4 Å². The summed E-state index contributed by atoms with van der Waals surface area (Å²) in [5.41, 5.74) is -1.59. The van der Waals surface area contributed by atoms with Crippen molar-refractivity contribution in [2.75, 3.05) is 19.8 Å². The maximum atomic E-state index is 11.9. The Balaban J connectivity index is 1.63. The van der Waals surface area contributed by atoms with Crippen LogP contribution in [-0.2, 0) is 23.7 Å². The molecule has 0 bridgehead atoms. The lowest BCUT2D eigenvalue weighted by Gasteiger charge is -2.25. The highest BCUT2D eigenvalue weighted by atomic mass is 16.6. The third-order valence-electron chi connectivity index (χ3n) is 4.01. The van der Waals surface area contributed by atoms with Crippen molar-refractivity contribution in [2.24, 2.45) is 5.41 Å². The van der Waals surface area contributed by atoms with Crippen molar-refractivity contribution in [3.8, 4) is 0 Å². The van der Waals surface area contributed by atoms with Crippen molar-refractivity contribution >= 4 is 5.97 Å². The predicted octanol–water partition coefficient (Wildman–Crippen LogP) is 0.262. The first-order valence-electron chi connectivity index (χ1n) is 7.08. The lowest BCUT2D eigenvalue weighted by atomic mass is 9.91. The zero-order valence-electron chi connectivity index (χ0n) is 12.1. The van der Waals surface area contributed by atoms with Gasteiger partial charge in [-0.05, 0) is 20.8 Å². The Labute approximate surface area is 118 Å². The highest BCUT2D eigenvalue weighted by molar-refractivity contribution is 5.75. The zero-order chi connectivity index (χ0) is 14.5. The van der Waals surface area contributed by atoms with Crippen molar-refractivity contribution < 1.29 is 28.8 Å². The Morgan fingerprint density at radius 2 is 2.00 bits per heavy atom. The number of carbonyl (C=O) groups is 1. The van der Waals surface area contributed by atoms with E-state index < -0.39 is 23.2 Å². The van der Waals surface area contributed by atoms with Gasteiger partial charge in [0.15, 0.2) is 6.10 Å². The molecule has 0 aliphatic carbocycles. The lowest BCUT2D eigenvalue weighted by molar-refractivity contribution is -0.163. The Kier molecular flexibility index (Phi) is 3.32. The molecule has 0 aromatic heterocycles. The van der Waals surface area contributed by atoms with E-state index in [4.69, 9.17) is 18.9 Å². The molecule has 0 aromatic carbocycles. The quantitative estimate of drug-likeness (QED) is 0.592. The van der Waals surface area contributed by atoms with Crippen molar-refractivity contribution in [1.29, 1.82) is 0 Å². The number of esters is 1. The average Bonchev–Trinajstić information content (AvgIpc) is 2.95. The largest absolute Gasteiger partial charge is 0.457 e. The minimum absolute atomic E-state index is 0.0992. The predicted molar refractivity (Wildman–Crippen MR) is 68.1 cm³/mol. The van der Waals surface area contributed by atoms with Gasteiger partial charge in [0.1, 0.15) is 17.8 Å². The van der Waals surface area contributed by atoms with Crippen LogP contribution in [0.1, 0.15) is 27.2 Å². The molecule has 0 spiro atoms. The molecule has 3 aliphatic heterocycles. The fourth-order valence-electron chi connectivity index (χ4n) is 2.73. The van der Waals surface area contributed by atoms with Crippen LogP contribution in [0.4, 0.5) is 0 Å². The molecule has 1 unspecified atom stereocenters. The fraction of sp³-hybridized carbons (Fsp3) is 0.929. The number of hydrogen-bond donors (Lipinski definition) is 1. The second-order valence-corrected chi connectivity index (χ2v) is 6.99. The summed E-state index contributed by atoms with van der Waals surface area (Å²) < 4.78 is 21.9. The number of carbonyl (C=O) groups excluding carboxylic acids is 1. The summed E-state index contributed by atoms with van der Waals surface area (Å²) in [7, 11) is 0. The molecule has 6 nitrogen and oxygen atoms in total. The first-order valence-corrected chi connectivity index (χ1v) is 7.08. The van der Waals surface area contributed by atoms with Crippen LogP contribution >= 0.6 is 0 Å². The molecule has 114 valence electrons. The van der Waals surface area contributed by atoms with Gasteiger partial charge in [-0.15, -0.1) is 0 Å². The van der Waals surface area contributed by atoms with Crippen LogP contribution in [0.3, 0.4) is 0 Å². The highest BCUT2D eigenvalue weighted by Crippen LogP contribution is 2.40. The number of epoxide rings is 1. The van der Waals surface area contributed by atoms with E-state index in [2.05, 4.69) is 0 Å². The maximum absolute atomic E-state index is 11.9. The standard InChI is InChI=1S/C14H22O6/c1-13(2,3)12(15)20-9-6-18-11-10(9)19-7-14(11,16)4-8-5-17-8/h8-11,16H,4-7H2,1-3H3/t8?,9-,10-,11+,14+/m1/s1. The normalized spacial score (nSPS) is 43.4. The Hall–Kier alpha value is -0.690. The molecule has 6 heteroatoms. The summed E-state index contributed by atoms with van der Waals surface area (Å²) in [5.74, 6) is -0.281. The second-order valence-electron chi connectivity index (χ2n) is 6.99. The van der Waals surface area contributed by atoms with Gasteiger partial charge in [-0.1, -0.05) is 0 Å². The average molecular weight is 286 g/mol. The van der Waals surface area contributed by atoms with Gasteiger partial charge < -0.3 is 24.1 Å². The molecular formula is C14H22O6. The number of aliphatic hydroxyl groups is 1. The molecule has 3 rings (SSSR count). The van der Waals surface area contributed by atoms with Gasteiger partial charge in [0, 0.05) is 6.42 Å². The van der Waals surface area contributed by atoms with Gasteiger partial charge in [0.2, 0.25) is 0 Å². The first kappa shape index (κ1) is 14.3. The maximum Gasteiger partial charge on any atom is 0.311 e. The van der Waals surface area contributed by atoms with E-state index in [0.29, 0.717) is 13.0 Å². The van der Waals surface area contributed by atoms with E-state index in [1.54, 1.807) is 20.8 Å². The van der Waals surface area contributed by atoms with Gasteiger partial charge in [0.25, 0.3) is 0 Å². The number of fused-ring (bicyclic) bond motifs is 1. The first-order chi connectivity index (χ1) is 9.29. The van der Waals surface area contributed by atoms with Crippen molar-refractivity contribution in [3.63, 3.8) is 0 Å². The number of rotatable bonds is 3. The van der Waals surface area contributed by atoms with Gasteiger partial charge in [-0.2, -0.15) is 0 Å². The van der Waals surface area contributed by atoms with Crippen LogP contribution in [-0.4, -0.2) is 60.9 Å². The van der Waals surface area contributed by atoms with E-state index in [9.17, 15) is 9.90 Å². The van der Waals surface area contributed by atoms with E-state index in [1.165, 1.54) is 0 Å². The molecule has 1 N–H and O–H groups in total. The third kappa shape index (κ3) is 2.57. The van der Waals surface area contributed by atoms with Crippen molar-refractivity contribution in [3.05, 3.63) is 0 Å². The minimum Gasteiger partial charge on any atom is -0.457 e. The Morgan fingerprint density at radius 3 is 2.60 bits per heavy atom. The van der Waals surface area contributed by atoms with E-state index in [0.717, 1.165) is 0 Å². The summed E-state index contributed by atoms with van der Waals surface area (Å²) in [5, 5.41) is 10.6. The van der Waals surface area contributed by atoms with Gasteiger partial charge in [0.05, 0.1) is 31.3 Å². The molecule has 3 aliphatic rings. The zero-order valence-corrected chi connectivity index (χ0v) is 12.1. The highest BCUT2D eigenvalue weighted by Gasteiger charge is 2.58.